The molecule has 0 aromatic rings. The molecule has 21 heavy (non-hydrogen) atoms. The Bertz CT molecular complexity index is 496. The van der Waals surface area contributed by atoms with Gasteiger partial charge in [-0.2, -0.15) is 0 Å². The van der Waals surface area contributed by atoms with E-state index in [-0.39, 0.29) is 5.41 Å². The summed E-state index contributed by atoms with van der Waals surface area (Å²) in [6.45, 7) is 4.96. The average Bonchev–Trinajstić information content (AvgIpc) is 2.83. The summed E-state index contributed by atoms with van der Waals surface area (Å²) in [5, 5.41) is 13.1. The van der Waals surface area contributed by atoms with Crippen LogP contribution in [-0.2, 0) is 0 Å². The highest BCUT2D eigenvalue weighted by molar-refractivity contribution is 5.91. The first-order valence-corrected chi connectivity index (χ1v) is 8.96. The van der Waals surface area contributed by atoms with Crippen molar-refractivity contribution in [2.24, 2.45) is 39.7 Å². The molecule has 0 unspecified atom stereocenters. The monoisotopic (exact) mass is 287 g/mol. The van der Waals surface area contributed by atoms with Crippen molar-refractivity contribution in [3.8, 4) is 0 Å². The van der Waals surface area contributed by atoms with Gasteiger partial charge < -0.3 is 5.21 Å². The number of hydrogen-bond acceptors (Lipinski definition) is 2. The van der Waals surface area contributed by atoms with Crippen LogP contribution in [0.15, 0.2) is 17.3 Å². The van der Waals surface area contributed by atoms with Crippen LogP contribution in [0.25, 0.3) is 0 Å². The van der Waals surface area contributed by atoms with Gasteiger partial charge in [-0.3, -0.25) is 0 Å². The third kappa shape index (κ3) is 1.74. The molecule has 0 aromatic carbocycles. The molecular weight excluding hydrogens is 258 g/mol. The van der Waals surface area contributed by atoms with Gasteiger partial charge in [-0.25, -0.2) is 0 Å². The maximum atomic E-state index is 9.38. The van der Waals surface area contributed by atoms with E-state index in [1.807, 2.05) is 0 Å². The standard InChI is InChI=1S/C19H29NO/c1-18-11-4-3-5-13(18)6-7-14-15-8-9-17(20-21)19(15,2)12-10-16(14)18/h3-4,13-16,21H,5-12H2,1-2H3/t13-,14-,15-,16-,18+,19+/m1/s1. The van der Waals surface area contributed by atoms with Crippen LogP contribution in [0.2, 0.25) is 0 Å². The van der Waals surface area contributed by atoms with Gasteiger partial charge in [0.15, 0.2) is 0 Å². The third-order valence-corrected chi connectivity index (χ3v) is 8.07. The highest BCUT2D eigenvalue weighted by atomic mass is 16.4. The van der Waals surface area contributed by atoms with Gasteiger partial charge in [0.1, 0.15) is 0 Å². The van der Waals surface area contributed by atoms with Gasteiger partial charge in [0.05, 0.1) is 5.71 Å². The number of oxime groups is 1. The van der Waals surface area contributed by atoms with E-state index in [1.54, 1.807) is 0 Å². The highest BCUT2D eigenvalue weighted by Crippen LogP contribution is 2.64. The lowest BCUT2D eigenvalue weighted by atomic mass is 9.46. The van der Waals surface area contributed by atoms with Crippen LogP contribution >= 0.6 is 0 Å². The molecule has 6 atom stereocenters. The maximum Gasteiger partial charge on any atom is 0.0632 e. The van der Waals surface area contributed by atoms with E-state index in [1.165, 1.54) is 44.9 Å². The lowest BCUT2D eigenvalue weighted by Crippen LogP contribution is -2.52. The third-order valence-electron chi connectivity index (χ3n) is 8.07. The van der Waals surface area contributed by atoms with Crippen molar-refractivity contribution in [1.82, 2.24) is 0 Å². The second-order valence-electron chi connectivity index (χ2n) is 8.61. The summed E-state index contributed by atoms with van der Waals surface area (Å²) in [7, 11) is 0. The second-order valence-corrected chi connectivity index (χ2v) is 8.61. The highest BCUT2D eigenvalue weighted by Gasteiger charge is 2.58. The van der Waals surface area contributed by atoms with Crippen LogP contribution in [0, 0.1) is 34.5 Å². The number of allylic oxidation sites excluding steroid dienone is 2. The Morgan fingerprint density at radius 1 is 1.10 bits per heavy atom. The fourth-order valence-electron chi connectivity index (χ4n) is 6.79. The molecule has 2 nitrogen and oxygen atoms in total. The van der Waals surface area contributed by atoms with E-state index < -0.39 is 0 Å². The zero-order valence-corrected chi connectivity index (χ0v) is 13.5. The van der Waals surface area contributed by atoms with Crippen LogP contribution < -0.4 is 0 Å². The summed E-state index contributed by atoms with van der Waals surface area (Å²) in [4.78, 5) is 0. The van der Waals surface area contributed by atoms with Crippen molar-refractivity contribution in [3.63, 3.8) is 0 Å². The van der Waals surface area contributed by atoms with Crippen LogP contribution in [0.3, 0.4) is 0 Å². The Labute approximate surface area is 128 Å². The molecule has 0 amide bonds. The average molecular weight is 287 g/mol. The van der Waals surface area contributed by atoms with Crippen molar-refractivity contribution < 1.29 is 5.21 Å². The minimum Gasteiger partial charge on any atom is -0.411 e. The van der Waals surface area contributed by atoms with Crippen LogP contribution in [0.5, 0.6) is 0 Å². The zero-order valence-electron chi connectivity index (χ0n) is 13.5. The number of rotatable bonds is 0. The first-order valence-electron chi connectivity index (χ1n) is 8.96. The van der Waals surface area contributed by atoms with Gasteiger partial charge >= 0.3 is 0 Å². The first-order chi connectivity index (χ1) is 10.1. The van der Waals surface area contributed by atoms with Gasteiger partial charge in [0.2, 0.25) is 0 Å². The Balaban J connectivity index is 1.67. The van der Waals surface area contributed by atoms with Gasteiger partial charge in [-0.15, -0.1) is 0 Å². The summed E-state index contributed by atoms with van der Waals surface area (Å²) in [6.07, 6.45) is 15.2. The molecule has 4 aliphatic carbocycles. The minimum absolute atomic E-state index is 0.198. The summed E-state index contributed by atoms with van der Waals surface area (Å²) in [5.41, 5.74) is 1.84. The molecule has 0 bridgehead atoms. The summed E-state index contributed by atoms with van der Waals surface area (Å²) in [5.74, 6) is 3.46. The van der Waals surface area contributed by atoms with Crippen molar-refractivity contribution >= 4 is 5.71 Å². The van der Waals surface area contributed by atoms with Crippen LogP contribution in [0.4, 0.5) is 0 Å². The fraction of sp³-hybridized carbons (Fsp3) is 0.842. The van der Waals surface area contributed by atoms with Crippen LogP contribution in [-0.4, -0.2) is 10.9 Å². The molecule has 0 saturated heterocycles. The largest absolute Gasteiger partial charge is 0.411 e. The first kappa shape index (κ1) is 13.8. The van der Waals surface area contributed by atoms with Gasteiger partial charge in [0, 0.05) is 5.41 Å². The smallest absolute Gasteiger partial charge is 0.0632 e. The van der Waals surface area contributed by atoms with E-state index in [0.717, 1.165) is 35.8 Å². The number of nitrogens with zero attached hydrogens (tertiary/aromatic N) is 1. The number of hydrogen-bond donors (Lipinski definition) is 1. The molecule has 0 aromatic heterocycles. The normalized spacial score (nSPS) is 54.1. The topological polar surface area (TPSA) is 32.6 Å². The fourth-order valence-corrected chi connectivity index (χ4v) is 6.79. The summed E-state index contributed by atoms with van der Waals surface area (Å²) >= 11 is 0. The molecule has 116 valence electrons. The Morgan fingerprint density at radius 3 is 2.76 bits per heavy atom. The van der Waals surface area contributed by atoms with Crippen molar-refractivity contribution in [3.05, 3.63) is 12.2 Å². The van der Waals surface area contributed by atoms with Gasteiger partial charge in [0.25, 0.3) is 0 Å². The molecule has 4 rings (SSSR count). The molecule has 1 N–H and O–H groups in total. The van der Waals surface area contributed by atoms with E-state index in [9.17, 15) is 5.21 Å². The summed E-state index contributed by atoms with van der Waals surface area (Å²) < 4.78 is 0. The Hall–Kier alpha value is -0.790. The lowest BCUT2D eigenvalue weighted by molar-refractivity contribution is -0.0763. The molecule has 0 radical (unpaired) electrons. The number of fused-ring (bicyclic) bond motifs is 5. The molecule has 3 saturated carbocycles. The van der Waals surface area contributed by atoms with Crippen molar-refractivity contribution in [2.75, 3.05) is 0 Å². The molecule has 2 heteroatoms. The predicted octanol–water partition coefficient (Wildman–Crippen LogP) is 5.03. The van der Waals surface area contributed by atoms with E-state index in [4.69, 9.17) is 0 Å². The van der Waals surface area contributed by atoms with E-state index >= 15 is 0 Å². The predicted molar refractivity (Wildman–Crippen MR) is 85.5 cm³/mol. The van der Waals surface area contributed by atoms with Crippen LogP contribution in [0.1, 0.15) is 65.2 Å². The van der Waals surface area contributed by atoms with Gasteiger partial charge in [-0.1, -0.05) is 31.2 Å². The quantitative estimate of drug-likeness (QED) is 0.378. The van der Waals surface area contributed by atoms with Gasteiger partial charge in [-0.05, 0) is 80.5 Å². The van der Waals surface area contributed by atoms with Crippen molar-refractivity contribution in [2.45, 2.75) is 65.2 Å². The molecule has 0 aliphatic heterocycles. The zero-order chi connectivity index (χ0) is 14.7. The Morgan fingerprint density at radius 2 is 1.95 bits per heavy atom. The SMILES string of the molecule is C[C@]12CC=CC[C@@H]1CC[C@H]1[C@H]2CC[C@]2(C)C(=NO)CC[C@H]12. The summed E-state index contributed by atoms with van der Waals surface area (Å²) in [6, 6.07) is 0. The molecular formula is C19H29NO. The molecule has 3 fully saturated rings. The molecule has 0 spiro atoms. The van der Waals surface area contributed by atoms with E-state index in [2.05, 4.69) is 31.2 Å². The lowest BCUT2D eigenvalue weighted by Gasteiger charge is -2.59. The Kier molecular flexibility index (Phi) is 3.03. The second kappa shape index (κ2) is 4.60. The van der Waals surface area contributed by atoms with E-state index in [0.29, 0.717) is 5.41 Å². The molecule has 4 aliphatic rings. The minimum atomic E-state index is 0.198. The van der Waals surface area contributed by atoms with Crippen molar-refractivity contribution in [1.29, 1.82) is 0 Å². The maximum absolute atomic E-state index is 9.38. The molecule has 0 heterocycles.